The van der Waals surface area contributed by atoms with E-state index in [-0.39, 0.29) is 5.57 Å². The van der Waals surface area contributed by atoms with Crippen LogP contribution in [0.25, 0.3) is 0 Å². The van der Waals surface area contributed by atoms with Crippen LogP contribution in [0.4, 0.5) is 4.39 Å². The van der Waals surface area contributed by atoms with E-state index < -0.39 is 5.83 Å². The fourth-order valence-electron chi connectivity index (χ4n) is 0.228. The minimum atomic E-state index is -0.577. The van der Waals surface area contributed by atoms with Gasteiger partial charge in [0.15, 0.2) is 0 Å². The molecule has 0 heterocycles. The van der Waals surface area contributed by atoms with E-state index in [1.165, 1.54) is 6.08 Å². The molecule has 0 aromatic rings. The Morgan fingerprint density at radius 3 is 2.33 bits per heavy atom. The van der Waals surface area contributed by atoms with E-state index in [1.54, 1.807) is 6.07 Å². The molecule has 0 bridgehead atoms. The fraction of sp³-hybridized carbons (Fsp3) is 0. The second kappa shape index (κ2) is 3.62. The van der Waals surface area contributed by atoms with Crippen LogP contribution in [0.5, 0.6) is 0 Å². The van der Waals surface area contributed by atoms with E-state index in [9.17, 15) is 4.39 Å². The molecule has 0 unspecified atom stereocenters. The summed E-state index contributed by atoms with van der Waals surface area (Å²) in [6.45, 7) is 6.25. The lowest BCUT2D eigenvalue weighted by Gasteiger charge is -1.78. The molecule has 0 amide bonds. The molecule has 0 aliphatic rings. The highest BCUT2D eigenvalue weighted by Crippen LogP contribution is 1.96. The molecular weight excluding hydrogens is 117 g/mol. The molecule has 0 fully saturated rings. The van der Waals surface area contributed by atoms with Crippen molar-refractivity contribution < 1.29 is 4.39 Å². The van der Waals surface area contributed by atoms with Gasteiger partial charge >= 0.3 is 0 Å². The predicted molar refractivity (Wildman–Crippen MR) is 34.1 cm³/mol. The molecule has 0 saturated heterocycles. The number of hydrogen-bond acceptors (Lipinski definition) is 1. The Hall–Kier alpha value is -1.36. The first kappa shape index (κ1) is 7.64. The van der Waals surface area contributed by atoms with E-state index in [4.69, 9.17) is 5.26 Å². The molecule has 0 aliphatic carbocycles. The highest BCUT2D eigenvalue weighted by atomic mass is 19.1. The third-order valence-corrected chi connectivity index (χ3v) is 0.609. The Morgan fingerprint density at radius 1 is 1.44 bits per heavy atom. The maximum atomic E-state index is 11.8. The first-order valence-corrected chi connectivity index (χ1v) is 2.28. The third-order valence-electron chi connectivity index (χ3n) is 0.609. The van der Waals surface area contributed by atoms with Crippen LogP contribution in [0.1, 0.15) is 0 Å². The molecule has 0 aromatic heterocycles. The Labute approximate surface area is 53.4 Å². The summed E-state index contributed by atoms with van der Waals surface area (Å²) in [7, 11) is 0. The lowest BCUT2D eigenvalue weighted by Crippen LogP contribution is -1.64. The summed E-state index contributed by atoms with van der Waals surface area (Å²) < 4.78 is 11.8. The average molecular weight is 123 g/mol. The first-order valence-electron chi connectivity index (χ1n) is 2.28. The van der Waals surface area contributed by atoms with Crippen LogP contribution in [0.2, 0.25) is 0 Å². The standard InChI is InChI=1S/C7H6FN/c1-6(5-9)3-4-7(2)8/h3-4H,1-2H2/b4-3-. The summed E-state index contributed by atoms with van der Waals surface area (Å²) >= 11 is 0. The van der Waals surface area contributed by atoms with Crippen LogP contribution >= 0.6 is 0 Å². The zero-order valence-corrected chi connectivity index (χ0v) is 4.89. The molecule has 0 spiro atoms. The predicted octanol–water partition coefficient (Wildman–Crippen LogP) is 2.11. The van der Waals surface area contributed by atoms with Crippen molar-refractivity contribution in [3.05, 3.63) is 36.7 Å². The van der Waals surface area contributed by atoms with Gasteiger partial charge in [0.1, 0.15) is 5.83 Å². The van der Waals surface area contributed by atoms with Gasteiger partial charge in [-0.15, -0.1) is 0 Å². The quantitative estimate of drug-likeness (QED) is 0.407. The van der Waals surface area contributed by atoms with Crippen LogP contribution in [0.15, 0.2) is 36.7 Å². The SMILES string of the molecule is C=C(F)/C=C\C(=C)C#N. The first-order chi connectivity index (χ1) is 4.16. The van der Waals surface area contributed by atoms with Gasteiger partial charge < -0.3 is 0 Å². The van der Waals surface area contributed by atoms with E-state index in [1.807, 2.05) is 0 Å². The molecule has 0 atom stereocenters. The Morgan fingerprint density at radius 2 is 2.00 bits per heavy atom. The van der Waals surface area contributed by atoms with Gasteiger partial charge in [0, 0.05) is 5.57 Å². The van der Waals surface area contributed by atoms with Gasteiger partial charge in [0.2, 0.25) is 0 Å². The second-order valence-corrected chi connectivity index (χ2v) is 1.42. The third kappa shape index (κ3) is 4.49. The Bertz CT molecular complexity index is 195. The monoisotopic (exact) mass is 123 g/mol. The number of allylic oxidation sites excluding steroid dienone is 4. The van der Waals surface area contributed by atoms with Crippen molar-refractivity contribution >= 4 is 0 Å². The van der Waals surface area contributed by atoms with E-state index in [2.05, 4.69) is 13.2 Å². The van der Waals surface area contributed by atoms with Gasteiger partial charge in [0.25, 0.3) is 0 Å². The molecule has 0 aliphatic heterocycles. The van der Waals surface area contributed by atoms with E-state index in [0.29, 0.717) is 0 Å². The minimum Gasteiger partial charge on any atom is -0.208 e. The minimum absolute atomic E-state index is 0.216. The van der Waals surface area contributed by atoms with Crippen molar-refractivity contribution in [2.24, 2.45) is 0 Å². The summed E-state index contributed by atoms with van der Waals surface area (Å²) in [6, 6.07) is 1.73. The van der Waals surface area contributed by atoms with Crippen LogP contribution in [0.3, 0.4) is 0 Å². The average Bonchev–Trinajstić information content (AvgIpc) is 1.83. The van der Waals surface area contributed by atoms with Crippen molar-refractivity contribution in [3.8, 4) is 6.07 Å². The zero-order valence-electron chi connectivity index (χ0n) is 4.89. The number of rotatable bonds is 2. The van der Waals surface area contributed by atoms with Gasteiger partial charge in [-0.25, -0.2) is 4.39 Å². The summed E-state index contributed by atoms with van der Waals surface area (Å²) in [6.07, 6.45) is 2.36. The van der Waals surface area contributed by atoms with Crippen molar-refractivity contribution in [3.63, 3.8) is 0 Å². The molecule has 2 heteroatoms. The topological polar surface area (TPSA) is 23.8 Å². The van der Waals surface area contributed by atoms with E-state index in [0.717, 1.165) is 6.08 Å². The van der Waals surface area contributed by atoms with Gasteiger partial charge in [-0.2, -0.15) is 5.26 Å². The number of halogens is 1. The van der Waals surface area contributed by atoms with Crippen molar-refractivity contribution in [2.45, 2.75) is 0 Å². The summed E-state index contributed by atoms with van der Waals surface area (Å²) in [5.41, 5.74) is 0.216. The normalized spacial score (nSPS) is 8.89. The zero-order chi connectivity index (χ0) is 7.28. The maximum absolute atomic E-state index is 11.8. The van der Waals surface area contributed by atoms with Gasteiger partial charge in [0.05, 0.1) is 6.07 Å². The van der Waals surface area contributed by atoms with Crippen LogP contribution in [0, 0.1) is 11.3 Å². The molecular formula is C7H6FN. The largest absolute Gasteiger partial charge is 0.208 e. The van der Waals surface area contributed by atoms with Crippen molar-refractivity contribution in [1.29, 1.82) is 5.26 Å². The number of nitrogens with zero attached hydrogens (tertiary/aromatic N) is 1. The molecule has 9 heavy (non-hydrogen) atoms. The summed E-state index contributed by atoms with van der Waals surface area (Å²) in [5.74, 6) is -0.577. The highest BCUT2D eigenvalue weighted by molar-refractivity contribution is 5.31. The maximum Gasteiger partial charge on any atom is 0.116 e. The molecule has 1 nitrogen and oxygen atoms in total. The molecule has 0 rings (SSSR count). The molecule has 0 aromatic carbocycles. The molecule has 0 N–H and O–H groups in total. The lowest BCUT2D eigenvalue weighted by atomic mass is 10.3. The van der Waals surface area contributed by atoms with Gasteiger partial charge in [-0.1, -0.05) is 13.2 Å². The van der Waals surface area contributed by atoms with Crippen LogP contribution < -0.4 is 0 Å². The Kier molecular flexibility index (Phi) is 3.07. The fourth-order valence-corrected chi connectivity index (χ4v) is 0.228. The highest BCUT2D eigenvalue weighted by Gasteiger charge is 1.81. The molecule has 46 valence electrons. The van der Waals surface area contributed by atoms with Gasteiger partial charge in [-0.05, 0) is 12.2 Å². The molecule has 0 saturated carbocycles. The summed E-state index contributed by atoms with van der Waals surface area (Å²) in [5, 5.41) is 8.09. The second-order valence-electron chi connectivity index (χ2n) is 1.42. The van der Waals surface area contributed by atoms with Crippen LogP contribution in [-0.2, 0) is 0 Å². The number of hydrogen-bond donors (Lipinski definition) is 0. The lowest BCUT2D eigenvalue weighted by molar-refractivity contribution is 0.671. The molecule has 0 radical (unpaired) electrons. The van der Waals surface area contributed by atoms with Crippen molar-refractivity contribution in [1.82, 2.24) is 0 Å². The number of nitriles is 1. The van der Waals surface area contributed by atoms with Gasteiger partial charge in [-0.3, -0.25) is 0 Å². The smallest absolute Gasteiger partial charge is 0.116 e. The van der Waals surface area contributed by atoms with Crippen LogP contribution in [-0.4, -0.2) is 0 Å². The Balaban J connectivity index is 3.90. The summed E-state index contributed by atoms with van der Waals surface area (Å²) in [4.78, 5) is 0. The van der Waals surface area contributed by atoms with E-state index >= 15 is 0 Å². The van der Waals surface area contributed by atoms with Crippen molar-refractivity contribution in [2.75, 3.05) is 0 Å².